The lowest BCUT2D eigenvalue weighted by atomic mass is 10.2. The van der Waals surface area contributed by atoms with Gasteiger partial charge < -0.3 is 4.74 Å². The number of hydrogen-bond donors (Lipinski definition) is 0. The summed E-state index contributed by atoms with van der Waals surface area (Å²) in [5.74, 6) is 0.928. The van der Waals surface area contributed by atoms with Crippen molar-refractivity contribution in [3.63, 3.8) is 0 Å². The second kappa shape index (κ2) is 5.21. The second-order valence-corrected chi connectivity index (χ2v) is 7.62. The molecule has 86 valence electrons. The summed E-state index contributed by atoms with van der Waals surface area (Å²) in [5, 5.41) is 2.03. The molecule has 1 nitrogen and oxygen atoms in total. The van der Waals surface area contributed by atoms with Crippen molar-refractivity contribution in [2.45, 2.75) is 11.8 Å². The molecule has 0 saturated carbocycles. The number of methoxy groups -OCH3 is 1. The van der Waals surface area contributed by atoms with Crippen LogP contribution in [0.1, 0.15) is 20.1 Å². The van der Waals surface area contributed by atoms with Gasteiger partial charge in [0, 0.05) is 15.1 Å². The van der Waals surface area contributed by atoms with Crippen molar-refractivity contribution in [2.24, 2.45) is 0 Å². The summed E-state index contributed by atoms with van der Waals surface area (Å²) in [6.07, 6.45) is 0. The molecule has 2 rings (SSSR count). The van der Waals surface area contributed by atoms with Crippen LogP contribution in [0.15, 0.2) is 21.3 Å². The van der Waals surface area contributed by atoms with Crippen molar-refractivity contribution in [1.82, 2.24) is 0 Å². The molecule has 0 bridgehead atoms. The number of halogens is 2. The van der Waals surface area contributed by atoms with E-state index in [2.05, 4.69) is 50.9 Å². The number of aryl methyl sites for hydroxylation is 1. The highest BCUT2D eigenvalue weighted by Crippen LogP contribution is 2.42. The average Bonchev–Trinajstić information content (AvgIpc) is 2.86. The molecule has 0 amide bonds. The predicted molar refractivity (Wildman–Crippen MR) is 78.4 cm³/mol. The maximum Gasteiger partial charge on any atom is 0.129 e. The number of hydrogen-bond acceptors (Lipinski definition) is 3. The van der Waals surface area contributed by atoms with Gasteiger partial charge in [-0.15, -0.1) is 22.7 Å². The average molecular weight is 382 g/mol. The fourth-order valence-electron chi connectivity index (χ4n) is 1.32. The fraction of sp³-hybridized carbons (Fsp3) is 0.273. The summed E-state index contributed by atoms with van der Waals surface area (Å²) in [6, 6.07) is 4.29. The summed E-state index contributed by atoms with van der Waals surface area (Å²) in [7, 11) is 1.70. The van der Waals surface area contributed by atoms with E-state index in [0.29, 0.717) is 0 Å². The third kappa shape index (κ3) is 2.53. The van der Waals surface area contributed by atoms with Crippen molar-refractivity contribution >= 4 is 54.5 Å². The van der Waals surface area contributed by atoms with Crippen LogP contribution in [0.4, 0.5) is 0 Å². The summed E-state index contributed by atoms with van der Waals surface area (Å²) in [6.45, 7) is 2.11. The SMILES string of the molecule is COc1csc(C(Br)c2cc(C)c(Br)s2)c1. The lowest BCUT2D eigenvalue weighted by Gasteiger charge is -2.03. The van der Waals surface area contributed by atoms with E-state index in [9.17, 15) is 0 Å². The number of thiophene rings is 2. The summed E-state index contributed by atoms with van der Waals surface area (Å²) >= 11 is 10.8. The van der Waals surface area contributed by atoms with Gasteiger partial charge in [-0.1, -0.05) is 15.9 Å². The Bertz CT molecular complexity index is 470. The molecule has 0 fully saturated rings. The number of rotatable bonds is 3. The minimum absolute atomic E-state index is 0.261. The smallest absolute Gasteiger partial charge is 0.129 e. The van der Waals surface area contributed by atoms with E-state index < -0.39 is 0 Å². The fourth-order valence-corrected chi connectivity index (χ4v) is 4.68. The summed E-state index contributed by atoms with van der Waals surface area (Å²) < 4.78 is 6.40. The molecule has 2 aromatic heterocycles. The van der Waals surface area contributed by atoms with Gasteiger partial charge in [-0.2, -0.15) is 0 Å². The molecule has 1 atom stereocenters. The minimum atomic E-state index is 0.261. The highest BCUT2D eigenvalue weighted by Gasteiger charge is 2.16. The van der Waals surface area contributed by atoms with E-state index in [1.165, 1.54) is 19.1 Å². The van der Waals surface area contributed by atoms with Crippen LogP contribution in [0.5, 0.6) is 5.75 Å². The first-order valence-corrected chi connectivity index (χ1v) is 8.04. The third-order valence-electron chi connectivity index (χ3n) is 2.21. The van der Waals surface area contributed by atoms with Crippen LogP contribution in [-0.2, 0) is 0 Å². The largest absolute Gasteiger partial charge is 0.496 e. The van der Waals surface area contributed by atoms with Crippen molar-refractivity contribution in [1.29, 1.82) is 0 Å². The Kier molecular flexibility index (Phi) is 4.11. The van der Waals surface area contributed by atoms with Crippen molar-refractivity contribution < 1.29 is 4.74 Å². The lowest BCUT2D eigenvalue weighted by molar-refractivity contribution is 0.416. The summed E-state index contributed by atoms with van der Waals surface area (Å²) in [4.78, 5) is 2.84. The molecule has 0 aromatic carbocycles. The summed E-state index contributed by atoms with van der Waals surface area (Å²) in [5.41, 5.74) is 1.29. The predicted octanol–water partition coefficient (Wildman–Crippen LogP) is 5.37. The highest BCUT2D eigenvalue weighted by atomic mass is 79.9. The molecule has 0 aliphatic carbocycles. The van der Waals surface area contributed by atoms with E-state index in [4.69, 9.17) is 4.74 Å². The first-order chi connectivity index (χ1) is 7.61. The van der Waals surface area contributed by atoms with Gasteiger partial charge in [-0.3, -0.25) is 0 Å². The number of alkyl halides is 1. The zero-order valence-corrected chi connectivity index (χ0v) is 13.6. The Balaban J connectivity index is 2.27. The van der Waals surface area contributed by atoms with Crippen LogP contribution in [0.3, 0.4) is 0 Å². The normalized spacial score (nSPS) is 12.8. The molecular formula is C11H10Br2OS2. The van der Waals surface area contributed by atoms with E-state index >= 15 is 0 Å². The molecule has 16 heavy (non-hydrogen) atoms. The van der Waals surface area contributed by atoms with Crippen LogP contribution >= 0.6 is 54.5 Å². The van der Waals surface area contributed by atoms with Crippen molar-refractivity contribution in [3.8, 4) is 5.75 Å². The quantitative estimate of drug-likeness (QED) is 0.649. The van der Waals surface area contributed by atoms with Crippen LogP contribution in [0, 0.1) is 6.92 Å². The Morgan fingerprint density at radius 2 is 2.06 bits per heavy atom. The minimum Gasteiger partial charge on any atom is -0.496 e. The molecule has 2 aromatic rings. The zero-order chi connectivity index (χ0) is 11.7. The van der Waals surface area contributed by atoms with Gasteiger partial charge in [-0.25, -0.2) is 0 Å². The van der Waals surface area contributed by atoms with E-state index in [-0.39, 0.29) is 4.83 Å². The van der Waals surface area contributed by atoms with Crippen LogP contribution in [0.25, 0.3) is 0 Å². The van der Waals surface area contributed by atoms with Gasteiger partial charge in [0.15, 0.2) is 0 Å². The maximum absolute atomic E-state index is 5.19. The van der Waals surface area contributed by atoms with Gasteiger partial charge in [-0.05, 0) is 40.5 Å². The van der Waals surface area contributed by atoms with Crippen LogP contribution in [0.2, 0.25) is 0 Å². The third-order valence-corrected chi connectivity index (χ3v) is 6.98. The standard InChI is InChI=1S/C11H10Br2OS2/c1-6-3-9(16-11(6)13)10(12)8-4-7(14-2)5-15-8/h3-5,10H,1-2H3. The molecule has 1 unspecified atom stereocenters. The molecule has 2 heterocycles. The Hall–Kier alpha value is 0.160. The van der Waals surface area contributed by atoms with Gasteiger partial charge in [0.1, 0.15) is 5.75 Å². The molecule has 0 aliphatic rings. The first-order valence-electron chi connectivity index (χ1n) is 4.64. The Morgan fingerprint density at radius 3 is 2.56 bits per heavy atom. The topological polar surface area (TPSA) is 9.23 Å². The Labute approximate surface area is 120 Å². The van der Waals surface area contributed by atoms with Crippen molar-refractivity contribution in [3.05, 3.63) is 36.6 Å². The van der Waals surface area contributed by atoms with E-state index in [1.54, 1.807) is 29.8 Å². The van der Waals surface area contributed by atoms with Gasteiger partial charge in [0.05, 0.1) is 15.7 Å². The molecule has 0 N–H and O–H groups in total. The second-order valence-electron chi connectivity index (χ2n) is 3.36. The zero-order valence-electron chi connectivity index (χ0n) is 8.79. The van der Waals surface area contributed by atoms with E-state index in [1.807, 2.05) is 5.38 Å². The van der Waals surface area contributed by atoms with Gasteiger partial charge >= 0.3 is 0 Å². The monoisotopic (exact) mass is 380 g/mol. The maximum atomic E-state index is 5.19. The molecule has 5 heteroatoms. The highest BCUT2D eigenvalue weighted by molar-refractivity contribution is 9.11. The van der Waals surface area contributed by atoms with Crippen molar-refractivity contribution in [2.75, 3.05) is 7.11 Å². The first kappa shape index (κ1) is 12.6. The molecular weight excluding hydrogens is 372 g/mol. The van der Waals surface area contributed by atoms with Gasteiger partial charge in [0.2, 0.25) is 0 Å². The number of ether oxygens (including phenoxy) is 1. The lowest BCUT2D eigenvalue weighted by Crippen LogP contribution is -1.84. The van der Waals surface area contributed by atoms with Gasteiger partial charge in [0.25, 0.3) is 0 Å². The van der Waals surface area contributed by atoms with E-state index in [0.717, 1.165) is 5.75 Å². The van der Waals surface area contributed by atoms with Crippen LogP contribution in [-0.4, -0.2) is 7.11 Å². The molecule has 0 radical (unpaired) electrons. The molecule has 0 spiro atoms. The molecule has 0 saturated heterocycles. The molecule has 0 aliphatic heterocycles. The van der Waals surface area contributed by atoms with Crippen LogP contribution < -0.4 is 4.74 Å². The Morgan fingerprint density at radius 1 is 1.31 bits per heavy atom.